The molecule has 0 aliphatic carbocycles. The molecule has 140 valence electrons. The quantitative estimate of drug-likeness (QED) is 0.263. The van der Waals surface area contributed by atoms with Crippen molar-refractivity contribution in [1.29, 1.82) is 0 Å². The summed E-state index contributed by atoms with van der Waals surface area (Å²) in [5, 5.41) is 0. The van der Waals surface area contributed by atoms with Crippen molar-refractivity contribution in [2.24, 2.45) is 0 Å². The van der Waals surface area contributed by atoms with E-state index < -0.39 is 0 Å². The van der Waals surface area contributed by atoms with Crippen LogP contribution in [-0.4, -0.2) is 71.4 Å². The molecule has 0 unspecified atom stereocenters. The number of rotatable bonds is 19. The third-order valence-corrected chi connectivity index (χ3v) is 3.23. The Morgan fingerprint density at radius 3 is 1.48 bits per heavy atom. The maximum absolute atomic E-state index is 5.61. The van der Waals surface area contributed by atoms with Crippen molar-refractivity contribution in [2.75, 3.05) is 65.3 Å². The van der Waals surface area contributed by atoms with Crippen LogP contribution in [-0.2, 0) is 23.7 Å². The molecule has 0 aromatic heterocycles. The Morgan fingerprint density at radius 1 is 0.565 bits per heavy atom. The fourth-order valence-electron chi connectivity index (χ4n) is 1.76. The Labute approximate surface area is 146 Å². The van der Waals surface area contributed by atoms with E-state index in [4.69, 9.17) is 35.3 Å². The van der Waals surface area contributed by atoms with Crippen LogP contribution in [0.25, 0.3) is 0 Å². The molecule has 0 atom stereocenters. The van der Waals surface area contributed by atoms with E-state index in [1.54, 1.807) is 0 Å². The Kier molecular flexibility index (Phi) is 20.2. The molecule has 0 aromatic carbocycles. The first-order valence-electron chi connectivity index (χ1n) is 8.76. The molecule has 0 N–H and O–H groups in total. The van der Waals surface area contributed by atoms with Crippen molar-refractivity contribution >= 4 is 11.6 Å². The summed E-state index contributed by atoms with van der Waals surface area (Å²) >= 11 is 5.61. The summed E-state index contributed by atoms with van der Waals surface area (Å²) in [4.78, 5) is 0. The highest BCUT2D eigenvalue weighted by Crippen LogP contribution is 2.01. The Hall–Kier alpha value is 0.0900. The molecule has 0 fully saturated rings. The molecule has 0 aliphatic heterocycles. The molecule has 0 bridgehead atoms. The maximum Gasteiger partial charge on any atom is 0.0703 e. The average Bonchev–Trinajstić information content (AvgIpc) is 2.53. The number of halogens is 1. The van der Waals surface area contributed by atoms with Crippen LogP contribution in [0.15, 0.2) is 0 Å². The van der Waals surface area contributed by atoms with Gasteiger partial charge in [-0.25, -0.2) is 0 Å². The molecule has 5 nitrogen and oxygen atoms in total. The second kappa shape index (κ2) is 20.1. The molecule has 0 heterocycles. The first-order valence-corrected chi connectivity index (χ1v) is 9.29. The highest BCUT2D eigenvalue weighted by Gasteiger charge is 1.95. The van der Waals surface area contributed by atoms with Gasteiger partial charge in [-0.3, -0.25) is 0 Å². The molecule has 6 heteroatoms. The standard InChI is InChI=1S/C17H35ClO5/c1-17(2)23-16-15-22-14-13-21-12-11-20-10-9-19-8-6-4-3-5-7-18/h17H,3-16H2,1-2H3. The third-order valence-electron chi connectivity index (χ3n) is 2.97. The normalized spacial score (nSPS) is 11.5. The van der Waals surface area contributed by atoms with Crippen LogP contribution in [0.4, 0.5) is 0 Å². The molecule has 0 rings (SSSR count). The van der Waals surface area contributed by atoms with Crippen molar-refractivity contribution in [3.8, 4) is 0 Å². The van der Waals surface area contributed by atoms with Gasteiger partial charge in [-0.15, -0.1) is 11.6 Å². The van der Waals surface area contributed by atoms with Gasteiger partial charge >= 0.3 is 0 Å². The first kappa shape index (κ1) is 23.1. The minimum atomic E-state index is 0.256. The van der Waals surface area contributed by atoms with Crippen LogP contribution < -0.4 is 0 Å². The average molecular weight is 355 g/mol. The lowest BCUT2D eigenvalue weighted by Gasteiger charge is -2.09. The molecule has 0 saturated carbocycles. The SMILES string of the molecule is CC(C)OCCOCCOCCOCCOCCCCCCCl. The van der Waals surface area contributed by atoms with Crippen LogP contribution in [0, 0.1) is 0 Å². The molecule has 0 saturated heterocycles. The van der Waals surface area contributed by atoms with E-state index >= 15 is 0 Å². The van der Waals surface area contributed by atoms with E-state index in [2.05, 4.69) is 0 Å². The minimum absolute atomic E-state index is 0.256. The van der Waals surface area contributed by atoms with Crippen LogP contribution in [0.2, 0.25) is 0 Å². The first-order chi connectivity index (χ1) is 11.3. The van der Waals surface area contributed by atoms with Gasteiger partial charge in [0.2, 0.25) is 0 Å². The number of hydrogen-bond acceptors (Lipinski definition) is 5. The molecule has 0 aliphatic rings. The predicted octanol–water partition coefficient (Wildman–Crippen LogP) is 3.28. The van der Waals surface area contributed by atoms with E-state index in [1.165, 1.54) is 12.8 Å². The van der Waals surface area contributed by atoms with Gasteiger partial charge in [0.05, 0.1) is 59.0 Å². The van der Waals surface area contributed by atoms with Crippen molar-refractivity contribution < 1.29 is 23.7 Å². The van der Waals surface area contributed by atoms with Crippen LogP contribution in [0.5, 0.6) is 0 Å². The summed E-state index contributed by atoms with van der Waals surface area (Å²) in [6.45, 7) is 9.70. The van der Waals surface area contributed by atoms with Crippen LogP contribution in [0.1, 0.15) is 39.5 Å². The van der Waals surface area contributed by atoms with Gasteiger partial charge in [0.15, 0.2) is 0 Å². The van der Waals surface area contributed by atoms with Crippen molar-refractivity contribution in [1.82, 2.24) is 0 Å². The second-order valence-corrected chi connectivity index (χ2v) is 5.85. The lowest BCUT2D eigenvalue weighted by Crippen LogP contribution is -2.14. The van der Waals surface area contributed by atoms with Gasteiger partial charge in [0.25, 0.3) is 0 Å². The molecule has 0 aromatic rings. The van der Waals surface area contributed by atoms with Crippen LogP contribution >= 0.6 is 11.6 Å². The zero-order valence-electron chi connectivity index (χ0n) is 14.9. The number of hydrogen-bond donors (Lipinski definition) is 0. The fraction of sp³-hybridized carbons (Fsp3) is 1.00. The number of unbranched alkanes of at least 4 members (excludes halogenated alkanes) is 3. The van der Waals surface area contributed by atoms with E-state index in [9.17, 15) is 0 Å². The van der Waals surface area contributed by atoms with Crippen molar-refractivity contribution in [2.45, 2.75) is 45.6 Å². The van der Waals surface area contributed by atoms with Gasteiger partial charge < -0.3 is 23.7 Å². The molecule has 0 spiro atoms. The zero-order valence-corrected chi connectivity index (χ0v) is 15.7. The number of ether oxygens (including phenoxy) is 5. The van der Waals surface area contributed by atoms with Gasteiger partial charge in [0.1, 0.15) is 0 Å². The van der Waals surface area contributed by atoms with Crippen LogP contribution in [0.3, 0.4) is 0 Å². The Bertz CT molecular complexity index is 217. The van der Waals surface area contributed by atoms with E-state index in [-0.39, 0.29) is 6.10 Å². The minimum Gasteiger partial charge on any atom is -0.379 e. The smallest absolute Gasteiger partial charge is 0.0703 e. The largest absolute Gasteiger partial charge is 0.379 e. The fourth-order valence-corrected chi connectivity index (χ4v) is 1.95. The van der Waals surface area contributed by atoms with Crippen molar-refractivity contribution in [3.63, 3.8) is 0 Å². The number of alkyl halides is 1. The van der Waals surface area contributed by atoms with E-state index in [0.29, 0.717) is 52.9 Å². The monoisotopic (exact) mass is 354 g/mol. The lowest BCUT2D eigenvalue weighted by molar-refractivity contribution is -0.0176. The molecular weight excluding hydrogens is 320 g/mol. The molecule has 23 heavy (non-hydrogen) atoms. The Morgan fingerprint density at radius 2 is 1.00 bits per heavy atom. The summed E-state index contributed by atoms with van der Waals surface area (Å²) in [6, 6.07) is 0. The lowest BCUT2D eigenvalue weighted by atomic mass is 10.2. The Balaban J connectivity index is 2.95. The highest BCUT2D eigenvalue weighted by atomic mass is 35.5. The summed E-state index contributed by atoms with van der Waals surface area (Å²) in [6.07, 6.45) is 4.83. The van der Waals surface area contributed by atoms with E-state index in [0.717, 1.165) is 25.3 Å². The maximum atomic E-state index is 5.61. The van der Waals surface area contributed by atoms with Gasteiger partial charge in [-0.2, -0.15) is 0 Å². The van der Waals surface area contributed by atoms with Gasteiger partial charge in [-0.05, 0) is 26.7 Å². The summed E-state index contributed by atoms with van der Waals surface area (Å²) in [7, 11) is 0. The zero-order chi connectivity index (χ0) is 17.0. The third kappa shape index (κ3) is 22.1. The van der Waals surface area contributed by atoms with Crippen molar-refractivity contribution in [3.05, 3.63) is 0 Å². The summed E-state index contributed by atoms with van der Waals surface area (Å²) < 4.78 is 27.0. The molecular formula is C17H35ClO5. The summed E-state index contributed by atoms with van der Waals surface area (Å²) in [5.41, 5.74) is 0. The molecule has 0 radical (unpaired) electrons. The second-order valence-electron chi connectivity index (χ2n) is 5.47. The topological polar surface area (TPSA) is 46.2 Å². The summed E-state index contributed by atoms with van der Waals surface area (Å²) in [5.74, 6) is 0.759. The van der Waals surface area contributed by atoms with Gasteiger partial charge in [0, 0.05) is 12.5 Å². The van der Waals surface area contributed by atoms with E-state index in [1.807, 2.05) is 13.8 Å². The highest BCUT2D eigenvalue weighted by molar-refractivity contribution is 6.17. The predicted molar refractivity (Wildman–Crippen MR) is 93.6 cm³/mol. The molecule has 0 amide bonds. The van der Waals surface area contributed by atoms with Gasteiger partial charge in [-0.1, -0.05) is 12.8 Å².